The van der Waals surface area contributed by atoms with Gasteiger partial charge in [-0.3, -0.25) is 9.59 Å². The fraction of sp³-hybridized carbons (Fsp3) is 0.0909. The van der Waals surface area contributed by atoms with Gasteiger partial charge in [-0.1, -0.05) is 24.3 Å². The molecule has 0 saturated heterocycles. The molecule has 0 saturated carbocycles. The summed E-state index contributed by atoms with van der Waals surface area (Å²) in [7, 11) is 0. The number of carbonyl (C=O) groups is 2. The van der Waals surface area contributed by atoms with Crippen molar-refractivity contribution in [3.63, 3.8) is 0 Å². The second-order valence-corrected chi connectivity index (χ2v) is 7.47. The van der Waals surface area contributed by atoms with E-state index in [9.17, 15) is 14.0 Å². The summed E-state index contributed by atoms with van der Waals surface area (Å²) in [5, 5.41) is 5.01. The highest BCUT2D eigenvalue weighted by Crippen LogP contribution is 2.36. The van der Waals surface area contributed by atoms with Gasteiger partial charge in [-0.2, -0.15) is 0 Å². The molecule has 140 valence electrons. The number of hydrogen-bond donors (Lipinski definition) is 1. The number of benzene rings is 2. The smallest absolute Gasteiger partial charge is 0.282 e. The lowest BCUT2D eigenvalue weighted by atomic mass is 10.1. The molecule has 0 bridgehead atoms. The van der Waals surface area contributed by atoms with Gasteiger partial charge in [-0.15, -0.1) is 11.3 Å². The maximum atomic E-state index is 13.7. The Morgan fingerprint density at radius 2 is 1.75 bits per heavy atom. The SMILES string of the molecule is Cc1cccc(NC2=C(c3cccs3)C(=O)N(c3cccc(F)c3)C2=O)c1C. The lowest BCUT2D eigenvalue weighted by molar-refractivity contribution is -0.120. The lowest BCUT2D eigenvalue weighted by Crippen LogP contribution is -2.32. The summed E-state index contributed by atoms with van der Waals surface area (Å²) in [6.45, 7) is 3.93. The molecule has 0 aliphatic carbocycles. The molecule has 0 atom stereocenters. The molecule has 4 nitrogen and oxygen atoms in total. The van der Waals surface area contributed by atoms with Crippen LogP contribution in [-0.2, 0) is 9.59 Å². The Hall–Kier alpha value is -3.25. The minimum absolute atomic E-state index is 0.199. The summed E-state index contributed by atoms with van der Waals surface area (Å²) in [5.41, 5.74) is 3.52. The number of nitrogens with zero attached hydrogens (tertiary/aromatic N) is 1. The fourth-order valence-electron chi connectivity index (χ4n) is 3.17. The van der Waals surface area contributed by atoms with Gasteiger partial charge in [0.2, 0.25) is 0 Å². The number of thiophene rings is 1. The van der Waals surface area contributed by atoms with Gasteiger partial charge in [0.1, 0.15) is 11.5 Å². The first kappa shape index (κ1) is 18.1. The van der Waals surface area contributed by atoms with Crippen LogP contribution in [-0.4, -0.2) is 11.8 Å². The van der Waals surface area contributed by atoms with Crippen LogP contribution in [0.4, 0.5) is 15.8 Å². The molecule has 0 unspecified atom stereocenters. The van der Waals surface area contributed by atoms with E-state index in [1.165, 1.54) is 29.5 Å². The molecule has 1 aliphatic rings. The molecular weight excluding hydrogens is 375 g/mol. The summed E-state index contributed by atoms with van der Waals surface area (Å²) >= 11 is 1.38. The Bertz CT molecular complexity index is 1120. The number of nitrogens with one attached hydrogen (secondary N) is 1. The van der Waals surface area contributed by atoms with Gasteiger partial charge in [-0.25, -0.2) is 9.29 Å². The van der Waals surface area contributed by atoms with Crippen LogP contribution < -0.4 is 10.2 Å². The standard InChI is InChI=1S/C22H17FN2O2S/c1-13-6-3-9-17(14(13)2)24-20-19(18-10-5-11-28-18)21(26)25(22(20)27)16-8-4-7-15(23)12-16/h3-12,24H,1-2H3. The van der Waals surface area contributed by atoms with Crippen molar-refractivity contribution in [3.8, 4) is 0 Å². The van der Waals surface area contributed by atoms with Crippen molar-refractivity contribution in [3.05, 3.63) is 87.5 Å². The summed E-state index contributed by atoms with van der Waals surface area (Å²) in [6.07, 6.45) is 0. The summed E-state index contributed by atoms with van der Waals surface area (Å²) < 4.78 is 13.7. The van der Waals surface area contributed by atoms with E-state index in [1.807, 2.05) is 43.5 Å². The predicted octanol–water partition coefficient (Wildman–Crippen LogP) is 4.90. The zero-order chi connectivity index (χ0) is 19.8. The topological polar surface area (TPSA) is 49.4 Å². The quantitative estimate of drug-likeness (QED) is 0.643. The minimum Gasteiger partial charge on any atom is -0.350 e. The monoisotopic (exact) mass is 392 g/mol. The van der Waals surface area contributed by atoms with Crippen LogP contribution in [0.5, 0.6) is 0 Å². The van der Waals surface area contributed by atoms with Crippen molar-refractivity contribution in [1.82, 2.24) is 0 Å². The molecule has 4 rings (SSSR count). The van der Waals surface area contributed by atoms with Crippen LogP contribution in [0.3, 0.4) is 0 Å². The van der Waals surface area contributed by atoms with Gasteiger partial charge < -0.3 is 5.32 Å². The Labute approximate surface area is 165 Å². The molecule has 28 heavy (non-hydrogen) atoms. The molecule has 1 aromatic heterocycles. The highest BCUT2D eigenvalue weighted by atomic mass is 32.1. The molecule has 1 N–H and O–H groups in total. The number of carbonyl (C=O) groups excluding carboxylic acids is 2. The second-order valence-electron chi connectivity index (χ2n) is 6.53. The molecular formula is C22H17FN2O2S. The van der Waals surface area contributed by atoms with Crippen molar-refractivity contribution >= 4 is 40.1 Å². The first-order valence-electron chi connectivity index (χ1n) is 8.73. The number of aryl methyl sites for hydroxylation is 1. The lowest BCUT2D eigenvalue weighted by Gasteiger charge is -2.16. The van der Waals surface area contributed by atoms with E-state index >= 15 is 0 Å². The molecule has 3 aromatic rings. The molecule has 0 spiro atoms. The average Bonchev–Trinajstić information content (AvgIpc) is 3.26. The molecule has 2 heterocycles. The van der Waals surface area contributed by atoms with Gasteiger partial charge >= 0.3 is 0 Å². The van der Waals surface area contributed by atoms with Gasteiger partial charge in [0.05, 0.1) is 11.3 Å². The van der Waals surface area contributed by atoms with E-state index in [4.69, 9.17) is 0 Å². The van der Waals surface area contributed by atoms with Crippen molar-refractivity contribution in [2.45, 2.75) is 13.8 Å². The maximum Gasteiger partial charge on any atom is 0.282 e. The van der Waals surface area contributed by atoms with Crippen LogP contribution >= 0.6 is 11.3 Å². The van der Waals surface area contributed by atoms with Crippen molar-refractivity contribution < 1.29 is 14.0 Å². The molecule has 2 aromatic carbocycles. The van der Waals surface area contributed by atoms with E-state index in [0.29, 0.717) is 10.5 Å². The zero-order valence-electron chi connectivity index (χ0n) is 15.3. The largest absolute Gasteiger partial charge is 0.350 e. The van der Waals surface area contributed by atoms with Crippen molar-refractivity contribution in [2.24, 2.45) is 0 Å². The summed E-state index contributed by atoms with van der Waals surface area (Å²) in [5.74, 6) is -1.47. The van der Waals surface area contributed by atoms with Crippen LogP contribution in [0.15, 0.2) is 65.7 Å². The number of anilines is 2. The fourth-order valence-corrected chi connectivity index (χ4v) is 3.93. The van der Waals surface area contributed by atoms with Crippen LogP contribution in [0.2, 0.25) is 0 Å². The zero-order valence-corrected chi connectivity index (χ0v) is 16.1. The Kier molecular flexibility index (Phi) is 4.57. The third-order valence-electron chi connectivity index (χ3n) is 4.78. The van der Waals surface area contributed by atoms with Crippen LogP contribution in [0.25, 0.3) is 5.57 Å². The van der Waals surface area contributed by atoms with Crippen molar-refractivity contribution in [1.29, 1.82) is 0 Å². The first-order valence-corrected chi connectivity index (χ1v) is 9.61. The van der Waals surface area contributed by atoms with E-state index < -0.39 is 17.6 Å². The average molecular weight is 392 g/mol. The Morgan fingerprint density at radius 1 is 0.964 bits per heavy atom. The number of halogens is 1. The van der Waals surface area contributed by atoms with E-state index in [-0.39, 0.29) is 11.4 Å². The van der Waals surface area contributed by atoms with E-state index in [0.717, 1.165) is 21.7 Å². The second kappa shape index (κ2) is 7.05. The van der Waals surface area contributed by atoms with Gasteiger partial charge in [0.25, 0.3) is 11.8 Å². The Balaban J connectivity index is 1.83. The van der Waals surface area contributed by atoms with Crippen LogP contribution in [0, 0.1) is 19.7 Å². The van der Waals surface area contributed by atoms with Crippen molar-refractivity contribution in [2.75, 3.05) is 10.2 Å². The van der Waals surface area contributed by atoms with Gasteiger partial charge in [0, 0.05) is 10.6 Å². The van der Waals surface area contributed by atoms with Gasteiger partial charge in [0.15, 0.2) is 0 Å². The van der Waals surface area contributed by atoms with E-state index in [2.05, 4.69) is 5.32 Å². The maximum absolute atomic E-state index is 13.7. The number of imide groups is 1. The minimum atomic E-state index is -0.508. The van der Waals surface area contributed by atoms with Gasteiger partial charge in [-0.05, 0) is 60.7 Å². The Morgan fingerprint density at radius 3 is 2.46 bits per heavy atom. The number of rotatable bonds is 4. The van der Waals surface area contributed by atoms with E-state index in [1.54, 1.807) is 12.1 Å². The molecule has 0 radical (unpaired) electrons. The normalized spacial score (nSPS) is 14.2. The summed E-state index contributed by atoms with van der Waals surface area (Å²) in [6, 6.07) is 14.8. The highest BCUT2D eigenvalue weighted by molar-refractivity contribution is 7.11. The highest BCUT2D eigenvalue weighted by Gasteiger charge is 2.40. The summed E-state index contributed by atoms with van der Waals surface area (Å²) in [4.78, 5) is 28.1. The first-order chi connectivity index (χ1) is 13.5. The molecule has 2 amide bonds. The number of amides is 2. The third kappa shape index (κ3) is 3.01. The van der Waals surface area contributed by atoms with Crippen LogP contribution in [0.1, 0.15) is 16.0 Å². The molecule has 6 heteroatoms. The molecule has 1 aliphatic heterocycles. The number of hydrogen-bond acceptors (Lipinski definition) is 4. The molecule has 0 fully saturated rings. The third-order valence-corrected chi connectivity index (χ3v) is 5.67. The predicted molar refractivity (Wildman–Crippen MR) is 110 cm³/mol.